The lowest BCUT2D eigenvalue weighted by atomic mass is 10.0. The number of carboxylic acids is 1. The third-order valence-electron chi connectivity index (χ3n) is 7.08. The lowest BCUT2D eigenvalue weighted by Crippen LogP contribution is -2.57. The van der Waals surface area contributed by atoms with Gasteiger partial charge in [0.15, 0.2) is 0 Å². The Labute approximate surface area is 236 Å². The molecule has 4 unspecified atom stereocenters. The Balaban J connectivity index is 1.56. The number of phenolic OH excluding ortho intramolecular Hbond substituents is 1. The van der Waals surface area contributed by atoms with Gasteiger partial charge in [0.25, 0.3) is 0 Å². The van der Waals surface area contributed by atoms with Crippen LogP contribution in [0.5, 0.6) is 5.75 Å². The highest BCUT2D eigenvalue weighted by molar-refractivity contribution is 7.80. The van der Waals surface area contributed by atoms with E-state index in [-0.39, 0.29) is 30.3 Å². The Kier molecular flexibility index (Phi) is 9.33. The fourth-order valence-electron chi connectivity index (χ4n) is 4.93. The summed E-state index contributed by atoms with van der Waals surface area (Å²) in [7, 11) is 0. The molecule has 1 aliphatic rings. The van der Waals surface area contributed by atoms with Gasteiger partial charge in [0, 0.05) is 42.2 Å². The van der Waals surface area contributed by atoms with Crippen molar-refractivity contribution in [2.24, 2.45) is 5.73 Å². The Bertz CT molecular complexity index is 1380. The van der Waals surface area contributed by atoms with Gasteiger partial charge in [-0.1, -0.05) is 30.3 Å². The first kappa shape index (κ1) is 29.0. The standard InChI is InChI=1S/C28H33N5O6S/c29-20(15-40)27(37)33-11-3-6-24(33)26(36)31-22(13-17-14-30-21-5-2-1-4-19(17)21)25(35)32-23(28(38)39)12-16-7-9-18(34)10-8-16/h1-2,4-5,7-10,14,20,22-24,30,34,40H,3,6,11-13,15,29H2,(H,31,36)(H,32,35)(H,38,39). The molecule has 212 valence electrons. The van der Waals surface area contributed by atoms with E-state index in [4.69, 9.17) is 5.73 Å². The Morgan fingerprint density at radius 3 is 2.48 bits per heavy atom. The van der Waals surface area contributed by atoms with Crippen molar-refractivity contribution in [1.29, 1.82) is 0 Å². The molecule has 4 atom stereocenters. The molecule has 0 aliphatic carbocycles. The van der Waals surface area contributed by atoms with Gasteiger partial charge in [-0.3, -0.25) is 14.4 Å². The first-order valence-corrected chi connectivity index (χ1v) is 13.6. The zero-order valence-electron chi connectivity index (χ0n) is 21.7. The normalized spacial score (nSPS) is 17.2. The van der Waals surface area contributed by atoms with E-state index in [9.17, 15) is 29.4 Å². The SMILES string of the molecule is NC(CS)C(=O)N1CCCC1C(=O)NC(Cc1c[nH]c2ccccc12)C(=O)NC(Cc1ccc(O)cc1)C(=O)O. The summed E-state index contributed by atoms with van der Waals surface area (Å²) in [6.07, 6.45) is 2.83. The van der Waals surface area contributed by atoms with Gasteiger partial charge in [-0.15, -0.1) is 0 Å². The van der Waals surface area contributed by atoms with Crippen LogP contribution in [0.4, 0.5) is 0 Å². The summed E-state index contributed by atoms with van der Waals surface area (Å²) in [5.74, 6) is -2.64. The number of nitrogens with two attached hydrogens (primary N) is 1. The summed E-state index contributed by atoms with van der Waals surface area (Å²) < 4.78 is 0. The predicted octanol–water partition coefficient (Wildman–Crippen LogP) is 0.961. The fourth-order valence-corrected chi connectivity index (χ4v) is 5.09. The van der Waals surface area contributed by atoms with Crippen molar-refractivity contribution in [3.8, 4) is 5.75 Å². The summed E-state index contributed by atoms with van der Waals surface area (Å²) >= 11 is 4.09. The molecule has 1 aliphatic heterocycles. The Morgan fingerprint density at radius 2 is 1.77 bits per heavy atom. The largest absolute Gasteiger partial charge is 0.508 e. The molecule has 11 nitrogen and oxygen atoms in total. The summed E-state index contributed by atoms with van der Waals surface area (Å²) in [5, 5.41) is 25.5. The molecule has 1 saturated heterocycles. The Morgan fingerprint density at radius 1 is 1.05 bits per heavy atom. The van der Waals surface area contributed by atoms with E-state index in [0.717, 1.165) is 16.5 Å². The molecule has 0 bridgehead atoms. The molecule has 40 heavy (non-hydrogen) atoms. The van der Waals surface area contributed by atoms with Gasteiger partial charge in [-0.05, 0) is 42.2 Å². The van der Waals surface area contributed by atoms with Crippen LogP contribution in [0.15, 0.2) is 54.7 Å². The minimum absolute atomic E-state index is 0.0262. The van der Waals surface area contributed by atoms with Gasteiger partial charge in [-0.25, -0.2) is 4.79 Å². The summed E-state index contributed by atoms with van der Waals surface area (Å²) in [6.45, 7) is 0.366. The maximum Gasteiger partial charge on any atom is 0.326 e. The zero-order valence-corrected chi connectivity index (χ0v) is 22.6. The van der Waals surface area contributed by atoms with E-state index in [0.29, 0.717) is 24.9 Å². The van der Waals surface area contributed by atoms with Crippen LogP contribution in [0, 0.1) is 0 Å². The average Bonchev–Trinajstić information content (AvgIpc) is 3.60. The van der Waals surface area contributed by atoms with Crippen LogP contribution in [-0.2, 0) is 32.0 Å². The van der Waals surface area contributed by atoms with Crippen molar-refractivity contribution < 1.29 is 29.4 Å². The molecule has 4 rings (SSSR count). The highest BCUT2D eigenvalue weighted by Gasteiger charge is 2.38. The lowest BCUT2D eigenvalue weighted by Gasteiger charge is -2.28. The highest BCUT2D eigenvalue weighted by Crippen LogP contribution is 2.22. The number of aromatic hydroxyl groups is 1. The molecule has 3 amide bonds. The van der Waals surface area contributed by atoms with E-state index in [1.807, 2.05) is 24.3 Å². The summed E-state index contributed by atoms with van der Waals surface area (Å²) in [4.78, 5) is 56.3. The van der Waals surface area contributed by atoms with Crippen LogP contribution in [0.3, 0.4) is 0 Å². The van der Waals surface area contributed by atoms with Crippen molar-refractivity contribution in [2.45, 2.75) is 49.9 Å². The number of aromatic nitrogens is 1. The number of amides is 3. The molecule has 0 radical (unpaired) electrons. The van der Waals surface area contributed by atoms with E-state index >= 15 is 0 Å². The summed E-state index contributed by atoms with van der Waals surface area (Å²) in [6, 6.07) is 9.47. The number of carbonyl (C=O) groups excluding carboxylic acids is 3. The second kappa shape index (κ2) is 12.9. The number of aromatic amines is 1. The number of fused-ring (bicyclic) bond motifs is 1. The van der Waals surface area contributed by atoms with Crippen LogP contribution in [0.1, 0.15) is 24.0 Å². The first-order valence-electron chi connectivity index (χ1n) is 13.0. The molecule has 0 spiro atoms. The molecule has 7 N–H and O–H groups in total. The number of nitrogens with zero attached hydrogens (tertiary/aromatic N) is 1. The molecule has 3 aromatic rings. The smallest absolute Gasteiger partial charge is 0.326 e. The van der Waals surface area contributed by atoms with Crippen LogP contribution in [0.25, 0.3) is 10.9 Å². The van der Waals surface area contributed by atoms with Gasteiger partial charge in [0.05, 0.1) is 6.04 Å². The maximum absolute atomic E-state index is 13.5. The number of benzene rings is 2. The van der Waals surface area contributed by atoms with Gasteiger partial charge in [0.1, 0.15) is 23.9 Å². The Hall–Kier alpha value is -4.03. The second-order valence-corrected chi connectivity index (χ2v) is 10.2. The van der Waals surface area contributed by atoms with Crippen LogP contribution in [0.2, 0.25) is 0 Å². The number of phenols is 1. The maximum atomic E-state index is 13.5. The first-order chi connectivity index (χ1) is 19.2. The number of carboxylic acid groups (broad SMARTS) is 1. The van der Waals surface area contributed by atoms with Crippen molar-refractivity contribution in [3.05, 3.63) is 65.9 Å². The lowest BCUT2D eigenvalue weighted by molar-refractivity contribution is -0.143. The third kappa shape index (κ3) is 6.75. The molecule has 0 saturated carbocycles. The van der Waals surface area contributed by atoms with Gasteiger partial charge in [-0.2, -0.15) is 12.6 Å². The minimum atomic E-state index is -1.28. The molecule has 12 heteroatoms. The van der Waals surface area contributed by atoms with Crippen molar-refractivity contribution in [3.63, 3.8) is 0 Å². The second-order valence-electron chi connectivity index (χ2n) is 9.87. The van der Waals surface area contributed by atoms with Crippen molar-refractivity contribution in [1.82, 2.24) is 20.5 Å². The topological polar surface area (TPSA) is 178 Å². The number of rotatable bonds is 11. The van der Waals surface area contributed by atoms with E-state index in [1.165, 1.54) is 17.0 Å². The number of hydrogen-bond donors (Lipinski definition) is 7. The van der Waals surface area contributed by atoms with Crippen molar-refractivity contribution >= 4 is 47.2 Å². The van der Waals surface area contributed by atoms with E-state index in [1.54, 1.807) is 18.3 Å². The summed E-state index contributed by atoms with van der Waals surface area (Å²) in [5.41, 5.74) is 8.09. The number of para-hydroxylation sites is 1. The zero-order chi connectivity index (χ0) is 28.8. The number of carbonyl (C=O) groups is 4. The van der Waals surface area contributed by atoms with Crippen LogP contribution in [-0.4, -0.2) is 80.3 Å². The molecule has 1 fully saturated rings. The number of hydrogen-bond acceptors (Lipinski definition) is 7. The number of aliphatic carboxylic acids is 1. The fraction of sp³-hybridized carbons (Fsp3) is 0.357. The molecular formula is C28H33N5O6S. The molecule has 2 heterocycles. The molecule has 2 aromatic carbocycles. The highest BCUT2D eigenvalue weighted by atomic mass is 32.1. The molecule has 1 aromatic heterocycles. The van der Waals surface area contributed by atoms with Crippen molar-refractivity contribution in [2.75, 3.05) is 12.3 Å². The number of likely N-dealkylation sites (tertiary alicyclic amines) is 1. The number of thiol groups is 1. The average molecular weight is 568 g/mol. The minimum Gasteiger partial charge on any atom is -0.508 e. The predicted molar refractivity (Wildman–Crippen MR) is 152 cm³/mol. The van der Waals surface area contributed by atoms with E-state index < -0.39 is 42.0 Å². The molecular weight excluding hydrogens is 534 g/mol. The van der Waals surface area contributed by atoms with Gasteiger partial charge in [0.2, 0.25) is 17.7 Å². The van der Waals surface area contributed by atoms with Crippen LogP contribution < -0.4 is 16.4 Å². The van der Waals surface area contributed by atoms with E-state index in [2.05, 4.69) is 28.2 Å². The van der Waals surface area contributed by atoms with Crippen LogP contribution >= 0.6 is 12.6 Å². The monoisotopic (exact) mass is 567 g/mol. The van der Waals surface area contributed by atoms with Gasteiger partial charge < -0.3 is 36.5 Å². The quantitative estimate of drug-likeness (QED) is 0.169. The number of nitrogens with one attached hydrogen (secondary N) is 3. The number of H-pyrrole nitrogens is 1. The van der Waals surface area contributed by atoms with Gasteiger partial charge >= 0.3 is 5.97 Å². The third-order valence-corrected chi connectivity index (χ3v) is 7.47.